The van der Waals surface area contributed by atoms with Gasteiger partial charge >= 0.3 is 0 Å². The molecule has 0 spiro atoms. The van der Waals surface area contributed by atoms with Crippen LogP contribution in [0.4, 0.5) is 0 Å². The summed E-state index contributed by atoms with van der Waals surface area (Å²) in [4.78, 5) is 9.65. The van der Waals surface area contributed by atoms with E-state index in [2.05, 4.69) is 12.2 Å². The predicted molar refractivity (Wildman–Crippen MR) is 64.9 cm³/mol. The van der Waals surface area contributed by atoms with Crippen molar-refractivity contribution in [1.29, 1.82) is 0 Å². The zero-order chi connectivity index (χ0) is 10.8. The average molecular weight is 249 g/mol. The van der Waals surface area contributed by atoms with E-state index < -0.39 is 17.4 Å². The number of thiol groups is 1. The van der Waals surface area contributed by atoms with E-state index in [1.165, 1.54) is 0 Å². The third kappa shape index (κ3) is 3.05. The smallest absolute Gasteiger partial charge is 0.125 e. The lowest BCUT2D eigenvalue weighted by Crippen LogP contribution is -2.26. The van der Waals surface area contributed by atoms with Gasteiger partial charge in [-0.05, 0) is 5.56 Å². The molecule has 0 amide bonds. The van der Waals surface area contributed by atoms with Gasteiger partial charge in [0.1, 0.15) is 11.7 Å². The number of benzene rings is 1. The van der Waals surface area contributed by atoms with Crippen LogP contribution in [0, 0.1) is 0 Å². The lowest BCUT2D eigenvalue weighted by atomic mass is 10.1. The monoisotopic (exact) mass is 249 g/mol. The summed E-state index contributed by atoms with van der Waals surface area (Å²) in [6, 6.07) is 8.94. The van der Waals surface area contributed by atoms with Crippen molar-refractivity contribution in [2.75, 3.05) is 0 Å². The van der Waals surface area contributed by atoms with Crippen molar-refractivity contribution in [2.45, 2.75) is 11.9 Å². The van der Waals surface area contributed by atoms with Gasteiger partial charge in [0.15, 0.2) is 0 Å². The maximum absolute atomic E-state index is 9.65. The molecular weight excluding hydrogens is 237 g/mol. The van der Waals surface area contributed by atoms with Crippen LogP contribution in [0.2, 0.25) is 0 Å². The molecule has 0 aromatic heterocycles. The lowest BCUT2D eigenvalue weighted by molar-refractivity contribution is 0.175. The summed E-state index contributed by atoms with van der Waals surface area (Å²) >= 11 is 8.80. The number of aliphatic hydroxyl groups is 1. The molecule has 0 saturated heterocycles. The summed E-state index contributed by atoms with van der Waals surface area (Å²) in [6.07, 6.45) is -1.19. The van der Waals surface area contributed by atoms with Gasteiger partial charge in [-0.2, -0.15) is 0 Å². The first kappa shape index (κ1) is 12.2. The van der Waals surface area contributed by atoms with E-state index in [-0.39, 0.29) is 0 Å². The SMILES string of the molecule is NC(O)C(c1ccccc1)P(O)(=S)S. The van der Waals surface area contributed by atoms with E-state index in [1.807, 2.05) is 6.07 Å². The standard InChI is InChI=1S/C8H12NO2PS2/c9-8(10)7(12(11,13)14)6-4-2-1-3-5-6/h1-5,7-8,10H,9H2,(H2,11,13,14). The van der Waals surface area contributed by atoms with Crippen molar-refractivity contribution >= 4 is 29.5 Å². The minimum Gasteiger partial charge on any atom is -0.378 e. The molecule has 1 aromatic rings. The molecule has 1 aromatic carbocycles. The summed E-state index contributed by atoms with van der Waals surface area (Å²) in [7, 11) is 0. The Hall–Kier alpha value is 0.1000. The van der Waals surface area contributed by atoms with Crippen LogP contribution in [0.5, 0.6) is 0 Å². The largest absolute Gasteiger partial charge is 0.378 e. The molecule has 0 aliphatic heterocycles. The second kappa shape index (κ2) is 4.75. The van der Waals surface area contributed by atoms with E-state index >= 15 is 0 Å². The molecule has 0 radical (unpaired) electrons. The molecule has 0 fully saturated rings. The Balaban J connectivity index is 3.08. The molecule has 3 unspecified atom stereocenters. The highest BCUT2D eigenvalue weighted by molar-refractivity contribution is 8.61. The molecule has 3 atom stereocenters. The quantitative estimate of drug-likeness (QED) is 0.370. The fraction of sp³-hybridized carbons (Fsp3) is 0.250. The van der Waals surface area contributed by atoms with E-state index in [0.717, 1.165) is 0 Å². The van der Waals surface area contributed by atoms with Gasteiger partial charge in [0.2, 0.25) is 0 Å². The molecule has 1 rings (SSSR count). The third-order valence-corrected chi connectivity index (χ3v) is 4.58. The fourth-order valence-corrected chi connectivity index (χ4v) is 3.75. The highest BCUT2D eigenvalue weighted by Gasteiger charge is 2.29. The summed E-state index contributed by atoms with van der Waals surface area (Å²) in [5, 5.41) is 9.33. The van der Waals surface area contributed by atoms with Crippen LogP contribution in [-0.2, 0) is 11.8 Å². The molecular formula is C8H12NO2PS2. The Kier molecular flexibility index (Phi) is 4.13. The Bertz CT molecular complexity index is 338. The van der Waals surface area contributed by atoms with Crippen molar-refractivity contribution in [1.82, 2.24) is 0 Å². The van der Waals surface area contributed by atoms with Crippen molar-refractivity contribution in [3.8, 4) is 0 Å². The minimum atomic E-state index is -2.90. The van der Waals surface area contributed by atoms with Gasteiger partial charge < -0.3 is 15.7 Å². The van der Waals surface area contributed by atoms with E-state index in [9.17, 15) is 10.00 Å². The topological polar surface area (TPSA) is 66.5 Å². The maximum atomic E-state index is 9.65. The molecule has 0 aliphatic carbocycles. The van der Waals surface area contributed by atoms with Crippen LogP contribution in [-0.4, -0.2) is 16.2 Å². The molecule has 78 valence electrons. The predicted octanol–water partition coefficient (Wildman–Crippen LogP) is 1.24. The molecule has 6 heteroatoms. The zero-order valence-electron chi connectivity index (χ0n) is 7.32. The van der Waals surface area contributed by atoms with Gasteiger partial charge in [-0.15, -0.1) is 12.2 Å². The highest BCUT2D eigenvalue weighted by atomic mass is 32.9. The highest BCUT2D eigenvalue weighted by Crippen LogP contribution is 2.60. The maximum Gasteiger partial charge on any atom is 0.125 e. The summed E-state index contributed by atoms with van der Waals surface area (Å²) in [5.74, 6) is 0. The fourth-order valence-electron chi connectivity index (χ4n) is 1.24. The van der Waals surface area contributed by atoms with Gasteiger partial charge in [0, 0.05) is 0 Å². The third-order valence-electron chi connectivity index (χ3n) is 1.83. The van der Waals surface area contributed by atoms with Gasteiger partial charge in [-0.3, -0.25) is 0 Å². The average Bonchev–Trinajstić information content (AvgIpc) is 2.02. The van der Waals surface area contributed by atoms with Crippen molar-refractivity contribution in [2.24, 2.45) is 5.73 Å². The van der Waals surface area contributed by atoms with Gasteiger partial charge in [0.05, 0.1) is 5.66 Å². The van der Waals surface area contributed by atoms with Crippen LogP contribution in [0.15, 0.2) is 30.3 Å². The lowest BCUT2D eigenvalue weighted by Gasteiger charge is -2.24. The Morgan fingerprint density at radius 3 is 2.21 bits per heavy atom. The molecule has 0 aliphatic rings. The number of hydrogen-bond acceptors (Lipinski definition) is 3. The number of aliphatic hydroxyl groups excluding tert-OH is 1. The number of nitrogens with two attached hydrogens (primary N) is 1. The molecule has 3 nitrogen and oxygen atoms in total. The molecule has 0 saturated carbocycles. The van der Waals surface area contributed by atoms with Crippen molar-refractivity contribution < 1.29 is 10.00 Å². The van der Waals surface area contributed by atoms with E-state index in [0.29, 0.717) is 5.56 Å². The van der Waals surface area contributed by atoms with Crippen LogP contribution in [0.25, 0.3) is 0 Å². The van der Waals surface area contributed by atoms with Crippen LogP contribution in [0.3, 0.4) is 0 Å². The summed E-state index contributed by atoms with van der Waals surface area (Å²) in [5.41, 5.74) is 2.49. The molecule has 0 bridgehead atoms. The zero-order valence-corrected chi connectivity index (χ0v) is 9.92. The molecule has 0 heterocycles. The number of rotatable bonds is 3. The second-order valence-corrected chi connectivity index (χ2v) is 8.98. The first-order valence-electron chi connectivity index (χ1n) is 3.96. The normalized spacial score (nSPS) is 19.7. The summed E-state index contributed by atoms with van der Waals surface area (Å²) < 4.78 is 0. The minimum absolute atomic E-state index is 0.679. The Morgan fingerprint density at radius 2 is 1.86 bits per heavy atom. The van der Waals surface area contributed by atoms with E-state index in [1.54, 1.807) is 24.3 Å². The molecule has 14 heavy (non-hydrogen) atoms. The van der Waals surface area contributed by atoms with Gasteiger partial charge in [-0.25, -0.2) is 0 Å². The van der Waals surface area contributed by atoms with Crippen LogP contribution < -0.4 is 5.73 Å². The van der Waals surface area contributed by atoms with E-state index in [4.69, 9.17) is 17.5 Å². The van der Waals surface area contributed by atoms with Crippen LogP contribution >= 0.6 is 17.7 Å². The summed E-state index contributed by atoms with van der Waals surface area (Å²) in [6.45, 7) is 0. The first-order valence-corrected chi connectivity index (χ1v) is 7.94. The molecule has 4 N–H and O–H groups in total. The Labute approximate surface area is 93.2 Å². The second-order valence-electron chi connectivity index (χ2n) is 2.94. The Morgan fingerprint density at radius 1 is 1.36 bits per heavy atom. The van der Waals surface area contributed by atoms with Crippen molar-refractivity contribution in [3.05, 3.63) is 35.9 Å². The first-order chi connectivity index (χ1) is 6.43. The van der Waals surface area contributed by atoms with Gasteiger partial charge in [0.25, 0.3) is 0 Å². The number of hydrogen-bond donors (Lipinski definition) is 4. The van der Waals surface area contributed by atoms with Gasteiger partial charge in [-0.1, -0.05) is 42.1 Å². The van der Waals surface area contributed by atoms with Crippen LogP contribution in [0.1, 0.15) is 11.2 Å². The van der Waals surface area contributed by atoms with Crippen molar-refractivity contribution in [3.63, 3.8) is 0 Å².